The molecule has 0 atom stereocenters. The third-order valence-electron chi connectivity index (χ3n) is 5.13. The Balaban J connectivity index is 1.55. The van der Waals surface area contributed by atoms with Crippen LogP contribution >= 0.6 is 0 Å². The number of hydrogen-bond donors (Lipinski definition) is 2. The van der Waals surface area contributed by atoms with Crippen molar-refractivity contribution >= 4 is 17.2 Å². The molecule has 3 N–H and O–H groups in total. The lowest BCUT2D eigenvalue weighted by Crippen LogP contribution is -2.41. The molecule has 29 heavy (non-hydrogen) atoms. The maximum absolute atomic E-state index is 13.9. The number of nitrogen functional groups attached to an aromatic ring is 1. The Kier molecular flexibility index (Phi) is 5.27. The van der Waals surface area contributed by atoms with E-state index in [-0.39, 0.29) is 18.4 Å². The molecule has 0 amide bonds. The van der Waals surface area contributed by atoms with Crippen LogP contribution in [0.15, 0.2) is 24.7 Å². The van der Waals surface area contributed by atoms with Crippen molar-refractivity contribution in [3.63, 3.8) is 0 Å². The predicted molar refractivity (Wildman–Crippen MR) is 104 cm³/mol. The Morgan fingerprint density at radius 2 is 2.00 bits per heavy atom. The summed E-state index contributed by atoms with van der Waals surface area (Å²) in [5.74, 6) is 0.471. The lowest BCUT2D eigenvalue weighted by Gasteiger charge is -2.32. The second-order valence-corrected chi connectivity index (χ2v) is 7.29. The fraction of sp³-hybridized carbons (Fsp3) is 0.421. The zero-order valence-electron chi connectivity index (χ0n) is 15.9. The number of aryl methyl sites for hydroxylation is 1. The molecule has 7 nitrogen and oxygen atoms in total. The second-order valence-electron chi connectivity index (χ2n) is 7.29. The summed E-state index contributed by atoms with van der Waals surface area (Å²) in [5.41, 5.74) is 8.31. The predicted octanol–water partition coefficient (Wildman–Crippen LogP) is 2.96. The summed E-state index contributed by atoms with van der Waals surface area (Å²) >= 11 is 0. The molecule has 3 aromatic rings. The number of nitrogens with one attached hydrogen (secondary N) is 1. The number of likely N-dealkylation sites (tertiary alicyclic amines) is 1. The maximum atomic E-state index is 13.9. The third kappa shape index (κ3) is 4.12. The molecule has 154 valence electrons. The van der Waals surface area contributed by atoms with Crippen LogP contribution in [-0.2, 0) is 0 Å². The van der Waals surface area contributed by atoms with E-state index in [1.807, 2.05) is 0 Å². The van der Waals surface area contributed by atoms with Gasteiger partial charge in [0.25, 0.3) is 6.43 Å². The standard InChI is InChI=1S/C19H22F3N7/c1-11-6-12(20)9-29-15(8-25-19(11)29)18-24-7-14(23)17(27-18)26-13-2-4-28(5-3-13)10-16(21)22/h6-9,13,16H,2-5,10,23H2,1H3,(H,24,26,27). The molecule has 1 aliphatic rings. The maximum Gasteiger partial charge on any atom is 0.251 e. The van der Waals surface area contributed by atoms with Gasteiger partial charge in [-0.1, -0.05) is 0 Å². The minimum atomic E-state index is -2.32. The summed E-state index contributed by atoms with van der Waals surface area (Å²) in [7, 11) is 0. The van der Waals surface area contributed by atoms with Crippen molar-refractivity contribution in [1.82, 2.24) is 24.3 Å². The van der Waals surface area contributed by atoms with Gasteiger partial charge in [-0.05, 0) is 31.4 Å². The van der Waals surface area contributed by atoms with Gasteiger partial charge in [0, 0.05) is 25.3 Å². The van der Waals surface area contributed by atoms with E-state index in [4.69, 9.17) is 5.73 Å². The van der Waals surface area contributed by atoms with Crippen molar-refractivity contribution < 1.29 is 13.2 Å². The average molecular weight is 405 g/mol. The van der Waals surface area contributed by atoms with Gasteiger partial charge in [-0.25, -0.2) is 28.1 Å². The Morgan fingerprint density at radius 3 is 2.72 bits per heavy atom. The quantitative estimate of drug-likeness (QED) is 0.679. The lowest BCUT2D eigenvalue weighted by atomic mass is 10.1. The van der Waals surface area contributed by atoms with Crippen molar-refractivity contribution in [2.24, 2.45) is 0 Å². The molecular weight excluding hydrogens is 383 g/mol. The van der Waals surface area contributed by atoms with Crippen molar-refractivity contribution in [3.05, 3.63) is 36.0 Å². The fourth-order valence-electron chi connectivity index (χ4n) is 3.66. The van der Waals surface area contributed by atoms with Crippen molar-refractivity contribution in [2.75, 3.05) is 30.7 Å². The van der Waals surface area contributed by atoms with Gasteiger partial charge in [-0.2, -0.15) is 0 Å². The first-order valence-electron chi connectivity index (χ1n) is 9.44. The van der Waals surface area contributed by atoms with Gasteiger partial charge in [-0.15, -0.1) is 0 Å². The smallest absolute Gasteiger partial charge is 0.251 e. The molecule has 1 fully saturated rings. The van der Waals surface area contributed by atoms with Gasteiger partial charge in [0.15, 0.2) is 11.6 Å². The Morgan fingerprint density at radius 1 is 1.24 bits per heavy atom. The molecule has 0 aromatic carbocycles. The zero-order chi connectivity index (χ0) is 20.5. The van der Waals surface area contributed by atoms with Crippen molar-refractivity contribution in [2.45, 2.75) is 32.2 Å². The number of imidazole rings is 1. The van der Waals surface area contributed by atoms with Crippen LogP contribution in [0.4, 0.5) is 24.7 Å². The van der Waals surface area contributed by atoms with E-state index in [0.29, 0.717) is 60.2 Å². The van der Waals surface area contributed by atoms with Crippen LogP contribution in [0.2, 0.25) is 0 Å². The van der Waals surface area contributed by atoms with E-state index in [2.05, 4.69) is 20.3 Å². The first-order chi connectivity index (χ1) is 13.9. The van der Waals surface area contributed by atoms with Crippen LogP contribution in [0, 0.1) is 12.7 Å². The molecular formula is C19H22F3N7. The molecule has 0 saturated carbocycles. The number of hydrogen-bond acceptors (Lipinski definition) is 6. The van der Waals surface area contributed by atoms with E-state index in [0.717, 1.165) is 0 Å². The summed E-state index contributed by atoms with van der Waals surface area (Å²) in [6.07, 6.45) is 3.55. The Hall–Kier alpha value is -2.88. The monoisotopic (exact) mass is 405 g/mol. The number of aromatic nitrogens is 4. The molecule has 3 aromatic heterocycles. The first-order valence-corrected chi connectivity index (χ1v) is 9.44. The van der Waals surface area contributed by atoms with E-state index in [9.17, 15) is 13.2 Å². The number of nitrogens with two attached hydrogens (primary N) is 1. The summed E-state index contributed by atoms with van der Waals surface area (Å²) in [4.78, 5) is 14.9. The third-order valence-corrected chi connectivity index (χ3v) is 5.13. The van der Waals surface area contributed by atoms with Gasteiger partial charge < -0.3 is 11.1 Å². The lowest BCUT2D eigenvalue weighted by molar-refractivity contribution is 0.0769. The summed E-state index contributed by atoms with van der Waals surface area (Å²) < 4.78 is 40.5. The van der Waals surface area contributed by atoms with Crippen molar-refractivity contribution in [1.29, 1.82) is 0 Å². The highest BCUT2D eigenvalue weighted by atomic mass is 19.3. The van der Waals surface area contributed by atoms with Gasteiger partial charge in [0.1, 0.15) is 17.2 Å². The highest BCUT2D eigenvalue weighted by molar-refractivity contribution is 5.66. The number of halogens is 3. The molecule has 0 radical (unpaired) electrons. The number of nitrogens with zero attached hydrogens (tertiary/aromatic N) is 5. The summed E-state index contributed by atoms with van der Waals surface area (Å²) in [6, 6.07) is 1.50. The number of pyridine rings is 1. The van der Waals surface area contributed by atoms with E-state index < -0.39 is 6.43 Å². The average Bonchev–Trinajstić information content (AvgIpc) is 3.09. The topological polar surface area (TPSA) is 84.4 Å². The summed E-state index contributed by atoms with van der Waals surface area (Å²) in [5, 5.41) is 3.30. The van der Waals surface area contributed by atoms with Crippen LogP contribution in [0.1, 0.15) is 18.4 Å². The molecule has 4 heterocycles. The zero-order valence-corrected chi connectivity index (χ0v) is 15.9. The molecule has 1 aliphatic heterocycles. The molecule has 4 rings (SSSR count). The molecule has 0 aliphatic carbocycles. The number of rotatable bonds is 5. The SMILES string of the molecule is Cc1cc(F)cn2c(-c3ncc(N)c(NC4CCN(CC(F)F)CC4)n3)cnc12. The van der Waals surface area contributed by atoms with Crippen molar-refractivity contribution in [3.8, 4) is 11.5 Å². The second kappa shape index (κ2) is 7.86. The van der Waals surface area contributed by atoms with Crippen LogP contribution in [0.5, 0.6) is 0 Å². The fourth-order valence-corrected chi connectivity index (χ4v) is 3.66. The van der Waals surface area contributed by atoms with E-state index in [1.165, 1.54) is 18.5 Å². The normalized spacial score (nSPS) is 16.0. The van der Waals surface area contributed by atoms with Gasteiger partial charge in [0.2, 0.25) is 0 Å². The molecule has 0 bridgehead atoms. The number of alkyl halides is 2. The minimum Gasteiger partial charge on any atom is -0.394 e. The van der Waals surface area contributed by atoms with Gasteiger partial charge in [-0.3, -0.25) is 9.30 Å². The first kappa shape index (κ1) is 19.4. The summed E-state index contributed by atoms with van der Waals surface area (Å²) in [6.45, 7) is 2.76. The van der Waals surface area contributed by atoms with Crippen LogP contribution in [-0.4, -0.2) is 56.4 Å². The van der Waals surface area contributed by atoms with Crippen LogP contribution < -0.4 is 11.1 Å². The molecule has 0 unspecified atom stereocenters. The molecule has 10 heteroatoms. The Labute approximate surface area is 165 Å². The number of anilines is 2. The highest BCUT2D eigenvalue weighted by Crippen LogP contribution is 2.25. The van der Waals surface area contributed by atoms with Crippen LogP contribution in [0.25, 0.3) is 17.2 Å². The molecule has 1 saturated heterocycles. The number of fused-ring (bicyclic) bond motifs is 1. The molecule has 0 spiro atoms. The minimum absolute atomic E-state index is 0.0795. The van der Waals surface area contributed by atoms with Crippen LogP contribution in [0.3, 0.4) is 0 Å². The largest absolute Gasteiger partial charge is 0.394 e. The number of piperidine rings is 1. The van der Waals surface area contributed by atoms with E-state index in [1.54, 1.807) is 22.4 Å². The highest BCUT2D eigenvalue weighted by Gasteiger charge is 2.22. The van der Waals surface area contributed by atoms with Gasteiger partial charge in [0.05, 0.1) is 24.6 Å². The van der Waals surface area contributed by atoms with Gasteiger partial charge >= 0.3 is 0 Å². The Bertz CT molecular complexity index is 1010. The van der Waals surface area contributed by atoms with E-state index >= 15 is 0 Å².